The van der Waals surface area contributed by atoms with E-state index in [1.165, 1.54) is 36.4 Å². The van der Waals surface area contributed by atoms with E-state index in [-0.39, 0.29) is 17.4 Å². The smallest absolute Gasteiger partial charge is 0.256 e. The van der Waals surface area contributed by atoms with Crippen molar-refractivity contribution in [2.75, 3.05) is 49.5 Å². The Morgan fingerprint density at radius 3 is 2.03 bits per heavy atom. The largest absolute Gasteiger partial charge is 0.367 e. The zero-order valence-corrected chi connectivity index (χ0v) is 21.4. The highest BCUT2D eigenvalue weighted by Crippen LogP contribution is 2.28. The van der Waals surface area contributed by atoms with Crippen LogP contribution in [0.5, 0.6) is 0 Å². The van der Waals surface area contributed by atoms with Gasteiger partial charge in [0.05, 0.1) is 5.56 Å². The third-order valence-electron chi connectivity index (χ3n) is 6.60. The third kappa shape index (κ3) is 5.99. The molecule has 1 aliphatic rings. The lowest BCUT2D eigenvalue weighted by Gasteiger charge is -2.37. The minimum absolute atomic E-state index is 0.171. The molecule has 0 saturated carbocycles. The number of rotatable bonds is 7. The van der Waals surface area contributed by atoms with E-state index in [9.17, 15) is 23.2 Å². The molecule has 3 amide bonds. The summed E-state index contributed by atoms with van der Waals surface area (Å²) in [7, 11) is 0. The summed E-state index contributed by atoms with van der Waals surface area (Å²) in [5.74, 6) is -1.87. The van der Waals surface area contributed by atoms with Gasteiger partial charge in [-0.05, 0) is 68.4 Å². The number of halogens is 2. The standard InChI is InChI=1S/C29H30F2N4O3/c1-3-33(4-2)29(38)25-19-24(32-27(36)20-7-5-9-22(30)17-20)11-12-26(25)34-13-15-35(16-14-34)28(37)21-8-6-10-23(31)18-21/h5-12,17-19H,3-4,13-16H2,1-2H3,(H,32,36). The Labute approximate surface area is 220 Å². The molecule has 0 atom stereocenters. The van der Waals surface area contributed by atoms with Gasteiger partial charge in [-0.3, -0.25) is 14.4 Å². The van der Waals surface area contributed by atoms with Crippen molar-refractivity contribution in [3.8, 4) is 0 Å². The first-order valence-electron chi connectivity index (χ1n) is 12.6. The average molecular weight is 521 g/mol. The van der Waals surface area contributed by atoms with E-state index in [1.54, 1.807) is 34.1 Å². The lowest BCUT2D eigenvalue weighted by molar-refractivity contribution is 0.0740. The lowest BCUT2D eigenvalue weighted by atomic mass is 10.1. The fraction of sp³-hybridized carbons (Fsp3) is 0.276. The van der Waals surface area contributed by atoms with Crippen LogP contribution in [0.3, 0.4) is 0 Å². The molecule has 1 aliphatic heterocycles. The summed E-state index contributed by atoms with van der Waals surface area (Å²) < 4.78 is 27.2. The third-order valence-corrected chi connectivity index (χ3v) is 6.60. The van der Waals surface area contributed by atoms with Crippen molar-refractivity contribution in [3.05, 3.63) is 95.1 Å². The minimum Gasteiger partial charge on any atom is -0.367 e. The average Bonchev–Trinajstić information content (AvgIpc) is 2.93. The molecule has 3 aromatic carbocycles. The molecule has 0 radical (unpaired) electrons. The van der Waals surface area contributed by atoms with Crippen molar-refractivity contribution in [3.63, 3.8) is 0 Å². The predicted molar refractivity (Wildman–Crippen MR) is 143 cm³/mol. The van der Waals surface area contributed by atoms with E-state index < -0.39 is 17.5 Å². The molecule has 38 heavy (non-hydrogen) atoms. The van der Waals surface area contributed by atoms with Gasteiger partial charge in [0.1, 0.15) is 11.6 Å². The molecular weight excluding hydrogens is 490 g/mol. The second-order valence-electron chi connectivity index (χ2n) is 8.96. The maximum Gasteiger partial charge on any atom is 0.256 e. The molecule has 1 fully saturated rings. The Hall–Kier alpha value is -4.27. The number of anilines is 2. The zero-order valence-electron chi connectivity index (χ0n) is 21.4. The molecule has 3 aromatic rings. The molecule has 7 nitrogen and oxygen atoms in total. The topological polar surface area (TPSA) is 73.0 Å². The molecule has 1 N–H and O–H groups in total. The number of carbonyl (C=O) groups excluding carboxylic acids is 3. The van der Waals surface area contributed by atoms with Crippen LogP contribution in [0.15, 0.2) is 66.7 Å². The van der Waals surface area contributed by atoms with Gasteiger partial charge in [-0.1, -0.05) is 12.1 Å². The van der Waals surface area contributed by atoms with Crippen LogP contribution in [0, 0.1) is 11.6 Å². The van der Waals surface area contributed by atoms with Crippen molar-refractivity contribution >= 4 is 29.1 Å². The normalized spacial score (nSPS) is 13.3. The highest BCUT2D eigenvalue weighted by molar-refractivity contribution is 6.06. The van der Waals surface area contributed by atoms with Crippen molar-refractivity contribution in [1.29, 1.82) is 0 Å². The molecule has 9 heteroatoms. The minimum atomic E-state index is -0.513. The van der Waals surface area contributed by atoms with E-state index in [0.29, 0.717) is 61.8 Å². The van der Waals surface area contributed by atoms with Gasteiger partial charge in [0, 0.05) is 61.8 Å². The molecule has 0 aliphatic carbocycles. The maximum absolute atomic E-state index is 13.6. The summed E-state index contributed by atoms with van der Waals surface area (Å²) in [4.78, 5) is 44.4. The highest BCUT2D eigenvalue weighted by atomic mass is 19.1. The van der Waals surface area contributed by atoms with Crippen LogP contribution < -0.4 is 10.2 Å². The van der Waals surface area contributed by atoms with Crippen molar-refractivity contribution in [1.82, 2.24) is 9.80 Å². The summed E-state index contributed by atoms with van der Waals surface area (Å²) >= 11 is 0. The molecule has 4 rings (SSSR count). The van der Waals surface area contributed by atoms with E-state index in [0.717, 1.165) is 6.07 Å². The van der Waals surface area contributed by atoms with Gasteiger partial charge in [-0.2, -0.15) is 0 Å². The van der Waals surface area contributed by atoms with Gasteiger partial charge < -0.3 is 20.0 Å². The molecular formula is C29H30F2N4O3. The van der Waals surface area contributed by atoms with Crippen LogP contribution in [0.2, 0.25) is 0 Å². The van der Waals surface area contributed by atoms with Crippen LogP contribution in [0.25, 0.3) is 0 Å². The number of nitrogens with zero attached hydrogens (tertiary/aromatic N) is 3. The van der Waals surface area contributed by atoms with E-state index >= 15 is 0 Å². The van der Waals surface area contributed by atoms with Crippen molar-refractivity contribution in [2.24, 2.45) is 0 Å². The van der Waals surface area contributed by atoms with Gasteiger partial charge in [0.2, 0.25) is 0 Å². The number of hydrogen-bond acceptors (Lipinski definition) is 4. The van der Waals surface area contributed by atoms with E-state index in [2.05, 4.69) is 5.32 Å². The SMILES string of the molecule is CCN(CC)C(=O)c1cc(NC(=O)c2cccc(F)c2)ccc1N1CCN(C(=O)c2cccc(F)c2)CC1. The summed E-state index contributed by atoms with van der Waals surface area (Å²) in [6.45, 7) is 6.61. The summed E-state index contributed by atoms with van der Waals surface area (Å²) in [6.07, 6.45) is 0. The van der Waals surface area contributed by atoms with Crippen LogP contribution in [-0.4, -0.2) is 66.8 Å². The molecule has 0 bridgehead atoms. The van der Waals surface area contributed by atoms with Crippen LogP contribution in [0.1, 0.15) is 44.9 Å². The number of nitrogens with one attached hydrogen (secondary N) is 1. The molecule has 198 valence electrons. The van der Waals surface area contributed by atoms with Crippen LogP contribution in [-0.2, 0) is 0 Å². The van der Waals surface area contributed by atoms with Crippen LogP contribution in [0.4, 0.5) is 20.2 Å². The zero-order chi connectivity index (χ0) is 27.2. The lowest BCUT2D eigenvalue weighted by Crippen LogP contribution is -2.49. The Morgan fingerprint density at radius 2 is 1.42 bits per heavy atom. The Bertz CT molecular complexity index is 1330. The van der Waals surface area contributed by atoms with E-state index in [1.807, 2.05) is 18.7 Å². The Kier molecular flexibility index (Phi) is 8.35. The number of benzene rings is 3. The Balaban J connectivity index is 1.55. The highest BCUT2D eigenvalue weighted by Gasteiger charge is 2.26. The first-order chi connectivity index (χ1) is 18.3. The Morgan fingerprint density at radius 1 is 0.816 bits per heavy atom. The van der Waals surface area contributed by atoms with Gasteiger partial charge in [0.25, 0.3) is 17.7 Å². The number of hydrogen-bond donors (Lipinski definition) is 1. The fourth-order valence-electron chi connectivity index (χ4n) is 4.53. The van der Waals surface area contributed by atoms with E-state index in [4.69, 9.17) is 0 Å². The molecule has 0 aromatic heterocycles. The second kappa shape index (κ2) is 11.9. The van der Waals surface area contributed by atoms with Gasteiger partial charge in [-0.25, -0.2) is 8.78 Å². The molecule has 1 heterocycles. The quantitative estimate of drug-likeness (QED) is 0.492. The summed E-state index contributed by atoms with van der Waals surface area (Å²) in [5.41, 5.74) is 2.01. The first-order valence-corrected chi connectivity index (χ1v) is 12.6. The number of piperazine rings is 1. The number of carbonyl (C=O) groups is 3. The molecule has 0 unspecified atom stereocenters. The van der Waals surface area contributed by atoms with Gasteiger partial charge >= 0.3 is 0 Å². The molecule has 0 spiro atoms. The van der Waals surface area contributed by atoms with Crippen molar-refractivity contribution in [2.45, 2.75) is 13.8 Å². The van der Waals surface area contributed by atoms with Gasteiger partial charge in [0.15, 0.2) is 0 Å². The molecule has 1 saturated heterocycles. The summed E-state index contributed by atoms with van der Waals surface area (Å²) in [5, 5.41) is 2.75. The fourth-order valence-corrected chi connectivity index (χ4v) is 4.53. The first kappa shape index (κ1) is 26.8. The second-order valence-corrected chi connectivity index (χ2v) is 8.96. The predicted octanol–water partition coefficient (Wildman–Crippen LogP) is 4.66. The summed E-state index contributed by atoms with van der Waals surface area (Å²) in [6, 6.07) is 16.1. The van der Waals surface area contributed by atoms with Crippen molar-refractivity contribution < 1.29 is 23.2 Å². The van der Waals surface area contributed by atoms with Crippen LogP contribution >= 0.6 is 0 Å². The number of amides is 3. The monoisotopic (exact) mass is 520 g/mol. The maximum atomic E-state index is 13.6. The van der Waals surface area contributed by atoms with Gasteiger partial charge in [-0.15, -0.1) is 0 Å².